The van der Waals surface area contributed by atoms with Crippen LogP contribution in [0.15, 0.2) is 12.1 Å². The largest absolute Gasteiger partial charge is 0.457 e. The van der Waals surface area contributed by atoms with Crippen molar-refractivity contribution in [1.82, 2.24) is 9.32 Å². The zero-order valence-corrected chi connectivity index (χ0v) is 14.5. The molecule has 126 valence electrons. The van der Waals surface area contributed by atoms with Gasteiger partial charge < -0.3 is 9.84 Å². The maximum atomic E-state index is 11.6. The van der Waals surface area contributed by atoms with Crippen molar-refractivity contribution >= 4 is 17.7 Å². The molecule has 0 aromatic heterocycles. The molecule has 5 nitrogen and oxygen atoms in total. The molecule has 0 saturated carbocycles. The lowest BCUT2D eigenvalue weighted by molar-refractivity contribution is 0.0428. The summed E-state index contributed by atoms with van der Waals surface area (Å²) >= 11 is 6.18. The average Bonchev–Trinajstić information content (AvgIpc) is 2.87. The third kappa shape index (κ3) is 3.11. The molecule has 3 atom stereocenters. The van der Waals surface area contributed by atoms with E-state index in [1.54, 1.807) is 6.07 Å². The number of rotatable bonds is 3. The lowest BCUT2D eigenvalue weighted by Gasteiger charge is -2.41. The first-order valence-corrected chi connectivity index (χ1v) is 8.36. The fraction of sp³-hybridized carbons (Fsp3) is 0.588. The van der Waals surface area contributed by atoms with E-state index in [1.165, 1.54) is 0 Å². The van der Waals surface area contributed by atoms with Crippen LogP contribution >= 0.6 is 11.8 Å². The Labute approximate surface area is 141 Å². The SMILES string of the molecule is Cc1c([C@@H](O)CN2C[C@H](C)N(Cl)CC2C)ccc2c1COC2=O. The van der Waals surface area contributed by atoms with E-state index in [0.29, 0.717) is 18.7 Å². The van der Waals surface area contributed by atoms with E-state index >= 15 is 0 Å². The molecular weight excluding hydrogens is 316 g/mol. The number of halogens is 1. The van der Waals surface area contributed by atoms with Crippen molar-refractivity contribution in [3.63, 3.8) is 0 Å². The number of benzene rings is 1. The van der Waals surface area contributed by atoms with Gasteiger partial charge in [0.2, 0.25) is 0 Å². The number of hydrogen-bond acceptors (Lipinski definition) is 5. The minimum absolute atomic E-state index is 0.257. The van der Waals surface area contributed by atoms with Crippen molar-refractivity contribution in [2.24, 2.45) is 0 Å². The minimum atomic E-state index is -0.590. The Morgan fingerprint density at radius 1 is 1.35 bits per heavy atom. The zero-order valence-electron chi connectivity index (χ0n) is 13.8. The summed E-state index contributed by atoms with van der Waals surface area (Å²) in [5, 5.41) is 10.7. The molecule has 0 amide bonds. The number of nitrogens with zero attached hydrogens (tertiary/aromatic N) is 2. The van der Waals surface area contributed by atoms with E-state index in [1.807, 2.05) is 17.4 Å². The molecule has 1 aromatic carbocycles. The number of cyclic esters (lactones) is 1. The van der Waals surface area contributed by atoms with Gasteiger partial charge in [-0.15, -0.1) is 0 Å². The Morgan fingerprint density at radius 2 is 2.09 bits per heavy atom. The minimum Gasteiger partial charge on any atom is -0.457 e. The maximum absolute atomic E-state index is 11.6. The van der Waals surface area contributed by atoms with E-state index in [-0.39, 0.29) is 18.1 Å². The number of fused-ring (bicyclic) bond motifs is 1. The highest BCUT2D eigenvalue weighted by molar-refractivity contribution is 6.13. The van der Waals surface area contributed by atoms with Crippen LogP contribution in [0.5, 0.6) is 0 Å². The molecule has 2 heterocycles. The molecule has 0 radical (unpaired) electrons. The summed E-state index contributed by atoms with van der Waals surface area (Å²) in [4.78, 5) is 13.9. The Hall–Kier alpha value is -1.14. The number of carbonyl (C=O) groups is 1. The van der Waals surface area contributed by atoms with E-state index in [4.69, 9.17) is 16.5 Å². The predicted octanol–water partition coefficient (Wildman–Crippen LogP) is 2.25. The molecule has 1 fully saturated rings. The van der Waals surface area contributed by atoms with E-state index in [0.717, 1.165) is 29.8 Å². The van der Waals surface area contributed by atoms with Gasteiger partial charge in [-0.2, -0.15) is 0 Å². The highest BCUT2D eigenvalue weighted by atomic mass is 35.5. The highest BCUT2D eigenvalue weighted by Crippen LogP contribution is 2.30. The summed E-state index contributed by atoms with van der Waals surface area (Å²) in [6, 6.07) is 4.15. The first-order chi connectivity index (χ1) is 10.9. The molecular formula is C17H23ClN2O3. The van der Waals surface area contributed by atoms with Crippen LogP contribution in [0.2, 0.25) is 0 Å². The van der Waals surface area contributed by atoms with E-state index in [2.05, 4.69) is 18.7 Å². The third-order valence-corrected chi connectivity index (χ3v) is 5.48. The predicted molar refractivity (Wildman–Crippen MR) is 88.3 cm³/mol. The highest BCUT2D eigenvalue weighted by Gasteiger charge is 2.31. The topological polar surface area (TPSA) is 53.0 Å². The number of piperazine rings is 1. The third-order valence-electron chi connectivity index (χ3n) is 5.01. The first kappa shape index (κ1) is 16.7. The van der Waals surface area contributed by atoms with Crippen molar-refractivity contribution in [2.75, 3.05) is 19.6 Å². The molecule has 1 unspecified atom stereocenters. The molecule has 0 spiro atoms. The number of ether oxygens (including phenoxy) is 1. The first-order valence-electron chi connectivity index (χ1n) is 8.02. The van der Waals surface area contributed by atoms with Gasteiger partial charge in [-0.25, -0.2) is 9.21 Å². The van der Waals surface area contributed by atoms with Crippen molar-refractivity contribution in [2.45, 2.75) is 45.6 Å². The number of β-amino-alcohol motifs (C(OH)–C–C–N with tert-alkyl or cyclic N) is 1. The molecule has 2 aliphatic heterocycles. The Bertz CT molecular complexity index is 622. The summed E-state index contributed by atoms with van der Waals surface area (Å²) in [5.41, 5.74) is 3.35. The quantitative estimate of drug-likeness (QED) is 0.676. The van der Waals surface area contributed by atoms with E-state index in [9.17, 15) is 9.90 Å². The Morgan fingerprint density at radius 3 is 2.83 bits per heavy atom. The Balaban J connectivity index is 1.76. The molecule has 2 aliphatic rings. The average molecular weight is 339 g/mol. The van der Waals surface area contributed by atoms with Crippen molar-refractivity contribution in [3.8, 4) is 0 Å². The summed E-state index contributed by atoms with van der Waals surface area (Å²) in [6.07, 6.45) is -0.590. The van der Waals surface area contributed by atoms with Gasteiger partial charge in [-0.3, -0.25) is 4.90 Å². The number of aliphatic hydroxyl groups excluding tert-OH is 1. The second-order valence-electron chi connectivity index (χ2n) is 6.63. The van der Waals surface area contributed by atoms with Gasteiger partial charge in [0.1, 0.15) is 6.61 Å². The van der Waals surface area contributed by atoms with Crippen LogP contribution in [0.3, 0.4) is 0 Å². The van der Waals surface area contributed by atoms with E-state index < -0.39 is 6.10 Å². The summed E-state index contributed by atoms with van der Waals surface area (Å²) < 4.78 is 6.91. The van der Waals surface area contributed by atoms with Gasteiger partial charge in [0, 0.05) is 37.3 Å². The smallest absolute Gasteiger partial charge is 0.338 e. The van der Waals surface area contributed by atoms with Crippen LogP contribution in [-0.2, 0) is 11.3 Å². The summed E-state index contributed by atoms with van der Waals surface area (Å²) in [5.74, 6) is -0.273. The van der Waals surface area contributed by atoms with Gasteiger partial charge in [0.25, 0.3) is 0 Å². The molecule has 23 heavy (non-hydrogen) atoms. The monoisotopic (exact) mass is 338 g/mol. The van der Waals surface area contributed by atoms with Gasteiger partial charge in [-0.05, 0) is 49.7 Å². The second kappa shape index (κ2) is 6.40. The van der Waals surface area contributed by atoms with Gasteiger partial charge in [0.05, 0.1) is 11.7 Å². The lowest BCUT2D eigenvalue weighted by atomic mass is 9.95. The maximum Gasteiger partial charge on any atom is 0.338 e. The molecule has 1 saturated heterocycles. The van der Waals surface area contributed by atoms with Crippen LogP contribution in [0.1, 0.15) is 47.0 Å². The van der Waals surface area contributed by atoms with Crippen molar-refractivity contribution in [1.29, 1.82) is 0 Å². The van der Waals surface area contributed by atoms with Crippen LogP contribution < -0.4 is 0 Å². The molecule has 0 aliphatic carbocycles. The Kier molecular flexibility index (Phi) is 4.65. The fourth-order valence-electron chi connectivity index (χ4n) is 3.46. The van der Waals surface area contributed by atoms with Crippen LogP contribution in [0, 0.1) is 6.92 Å². The van der Waals surface area contributed by atoms with Crippen molar-refractivity contribution < 1.29 is 14.6 Å². The normalized spacial score (nSPS) is 26.9. The second-order valence-corrected chi connectivity index (χ2v) is 7.07. The summed E-state index contributed by atoms with van der Waals surface area (Å²) in [6.45, 7) is 8.62. The number of hydrogen-bond donors (Lipinski definition) is 1. The molecule has 1 N–H and O–H groups in total. The molecule has 3 rings (SSSR count). The van der Waals surface area contributed by atoms with Gasteiger partial charge >= 0.3 is 5.97 Å². The van der Waals surface area contributed by atoms with Crippen molar-refractivity contribution in [3.05, 3.63) is 34.4 Å². The lowest BCUT2D eigenvalue weighted by Crippen LogP contribution is -2.54. The summed E-state index contributed by atoms with van der Waals surface area (Å²) in [7, 11) is 0. The van der Waals surface area contributed by atoms with Crippen LogP contribution in [0.4, 0.5) is 0 Å². The number of esters is 1. The van der Waals surface area contributed by atoms with Crippen LogP contribution in [-0.4, -0.2) is 52.1 Å². The standard InChI is InChI=1S/C17H23ClN2O3/c1-10-7-20(18)11(2)6-19(10)8-16(21)13-4-5-14-15(12(13)3)9-23-17(14)22/h4-5,10-11,16,21H,6-9H2,1-3H3/t10?,11-,16-/m0/s1. The fourth-order valence-corrected chi connectivity index (χ4v) is 3.72. The number of carbonyl (C=O) groups excluding carboxylic acids is 1. The molecule has 6 heteroatoms. The van der Waals surface area contributed by atoms with Gasteiger partial charge in [0.15, 0.2) is 0 Å². The molecule has 0 bridgehead atoms. The van der Waals surface area contributed by atoms with Crippen LogP contribution in [0.25, 0.3) is 0 Å². The molecule has 1 aromatic rings. The zero-order chi connectivity index (χ0) is 16.7. The van der Waals surface area contributed by atoms with Gasteiger partial charge in [-0.1, -0.05) is 6.07 Å². The number of aliphatic hydroxyl groups is 1.